The van der Waals surface area contributed by atoms with Crippen LogP contribution in [0.4, 0.5) is 0 Å². The SMILES string of the molecule is COCc1ccc(-c2ccc(-c3cn4c(n3)CCCC4)cc2)cc1. The summed E-state index contributed by atoms with van der Waals surface area (Å²) in [5.74, 6) is 1.23. The quantitative estimate of drug-likeness (QED) is 0.697. The van der Waals surface area contributed by atoms with Gasteiger partial charge in [0, 0.05) is 31.8 Å². The lowest BCUT2D eigenvalue weighted by molar-refractivity contribution is 0.185. The van der Waals surface area contributed by atoms with Gasteiger partial charge in [-0.25, -0.2) is 4.98 Å². The summed E-state index contributed by atoms with van der Waals surface area (Å²) in [6.45, 7) is 1.76. The number of fused-ring (bicyclic) bond motifs is 1. The highest BCUT2D eigenvalue weighted by molar-refractivity contribution is 5.68. The molecule has 1 aliphatic heterocycles. The highest BCUT2D eigenvalue weighted by Crippen LogP contribution is 2.26. The van der Waals surface area contributed by atoms with Gasteiger partial charge >= 0.3 is 0 Å². The van der Waals surface area contributed by atoms with E-state index < -0.39 is 0 Å². The van der Waals surface area contributed by atoms with Crippen LogP contribution >= 0.6 is 0 Å². The van der Waals surface area contributed by atoms with Crippen molar-refractivity contribution in [2.24, 2.45) is 0 Å². The maximum Gasteiger partial charge on any atom is 0.109 e. The maximum atomic E-state index is 5.16. The average Bonchev–Trinajstić information content (AvgIpc) is 3.07. The molecule has 4 rings (SSSR count). The topological polar surface area (TPSA) is 27.1 Å². The molecule has 0 spiro atoms. The fourth-order valence-electron chi connectivity index (χ4n) is 3.35. The summed E-state index contributed by atoms with van der Waals surface area (Å²) < 4.78 is 7.47. The minimum Gasteiger partial charge on any atom is -0.380 e. The van der Waals surface area contributed by atoms with Gasteiger partial charge in [-0.1, -0.05) is 48.5 Å². The molecule has 0 radical (unpaired) electrons. The summed E-state index contributed by atoms with van der Waals surface area (Å²) in [4.78, 5) is 4.80. The van der Waals surface area contributed by atoms with Crippen molar-refractivity contribution >= 4 is 0 Å². The van der Waals surface area contributed by atoms with Crippen LogP contribution in [0, 0.1) is 0 Å². The van der Waals surface area contributed by atoms with Crippen LogP contribution < -0.4 is 0 Å². The summed E-state index contributed by atoms with van der Waals surface area (Å²) in [7, 11) is 1.72. The normalized spacial score (nSPS) is 13.7. The van der Waals surface area contributed by atoms with Crippen LogP contribution in [-0.2, 0) is 24.3 Å². The van der Waals surface area contributed by atoms with Crippen LogP contribution in [0.2, 0.25) is 0 Å². The molecule has 1 aliphatic rings. The molecule has 0 saturated carbocycles. The van der Waals surface area contributed by atoms with Gasteiger partial charge in [0.15, 0.2) is 0 Å². The maximum absolute atomic E-state index is 5.16. The molecule has 1 aromatic heterocycles. The first-order chi connectivity index (χ1) is 11.8. The Morgan fingerprint density at radius 2 is 1.58 bits per heavy atom. The third kappa shape index (κ3) is 3.00. The molecule has 0 amide bonds. The van der Waals surface area contributed by atoms with Gasteiger partial charge in [-0.3, -0.25) is 0 Å². The Bertz CT molecular complexity index is 793. The van der Waals surface area contributed by atoms with E-state index in [1.165, 1.54) is 40.9 Å². The van der Waals surface area contributed by atoms with E-state index in [-0.39, 0.29) is 0 Å². The third-order valence-electron chi connectivity index (χ3n) is 4.69. The Morgan fingerprint density at radius 3 is 2.25 bits per heavy atom. The van der Waals surface area contributed by atoms with Crippen LogP contribution in [0.5, 0.6) is 0 Å². The number of hydrogen-bond acceptors (Lipinski definition) is 2. The van der Waals surface area contributed by atoms with E-state index in [9.17, 15) is 0 Å². The van der Waals surface area contributed by atoms with Crippen molar-refractivity contribution in [2.75, 3.05) is 7.11 Å². The number of methoxy groups -OCH3 is 1. The lowest BCUT2D eigenvalue weighted by Crippen LogP contribution is -2.08. The van der Waals surface area contributed by atoms with Crippen molar-refractivity contribution in [3.05, 3.63) is 66.1 Å². The zero-order valence-corrected chi connectivity index (χ0v) is 14.0. The lowest BCUT2D eigenvalue weighted by atomic mass is 10.0. The highest BCUT2D eigenvalue weighted by Gasteiger charge is 2.13. The second-order valence-corrected chi connectivity index (χ2v) is 6.40. The smallest absolute Gasteiger partial charge is 0.109 e. The molecule has 0 saturated heterocycles. The number of imidazole rings is 1. The molecule has 122 valence electrons. The van der Waals surface area contributed by atoms with Crippen molar-refractivity contribution in [2.45, 2.75) is 32.4 Å². The van der Waals surface area contributed by atoms with Crippen molar-refractivity contribution in [1.82, 2.24) is 9.55 Å². The van der Waals surface area contributed by atoms with Gasteiger partial charge in [0.05, 0.1) is 12.3 Å². The molecule has 3 heteroatoms. The van der Waals surface area contributed by atoms with E-state index in [1.54, 1.807) is 7.11 Å². The number of rotatable bonds is 4. The zero-order valence-electron chi connectivity index (χ0n) is 14.0. The van der Waals surface area contributed by atoms with Gasteiger partial charge < -0.3 is 9.30 Å². The second kappa shape index (κ2) is 6.62. The molecule has 2 aromatic carbocycles. The van der Waals surface area contributed by atoms with Gasteiger partial charge in [0.1, 0.15) is 5.82 Å². The molecule has 3 nitrogen and oxygen atoms in total. The van der Waals surface area contributed by atoms with Gasteiger partial charge in [-0.2, -0.15) is 0 Å². The van der Waals surface area contributed by atoms with Crippen molar-refractivity contribution < 1.29 is 4.74 Å². The largest absolute Gasteiger partial charge is 0.380 e. The standard InChI is InChI=1S/C21H22N2O/c1-24-15-16-5-7-17(8-6-16)18-9-11-19(12-10-18)20-14-23-13-3-2-4-21(23)22-20/h5-12,14H,2-4,13,15H2,1H3. The lowest BCUT2D eigenvalue weighted by Gasteiger charge is -2.11. The number of hydrogen-bond donors (Lipinski definition) is 0. The number of ether oxygens (including phenoxy) is 1. The molecule has 3 aromatic rings. The van der Waals surface area contributed by atoms with E-state index in [4.69, 9.17) is 9.72 Å². The molecule has 0 bridgehead atoms. The predicted octanol–water partition coefficient (Wildman–Crippen LogP) is 4.70. The number of aromatic nitrogens is 2. The molecule has 24 heavy (non-hydrogen) atoms. The fraction of sp³-hybridized carbons (Fsp3) is 0.286. The first-order valence-corrected chi connectivity index (χ1v) is 8.58. The number of nitrogens with zero attached hydrogens (tertiary/aromatic N) is 2. The summed E-state index contributed by atoms with van der Waals surface area (Å²) >= 11 is 0. The molecule has 0 atom stereocenters. The third-order valence-corrected chi connectivity index (χ3v) is 4.69. The highest BCUT2D eigenvalue weighted by atomic mass is 16.5. The summed E-state index contributed by atoms with van der Waals surface area (Å²) in [5.41, 5.74) is 5.93. The summed E-state index contributed by atoms with van der Waals surface area (Å²) in [6.07, 6.45) is 5.82. The molecular weight excluding hydrogens is 296 g/mol. The Labute approximate surface area is 142 Å². The van der Waals surface area contributed by atoms with Gasteiger partial charge in [0.25, 0.3) is 0 Å². The van der Waals surface area contributed by atoms with Gasteiger partial charge in [-0.15, -0.1) is 0 Å². The minimum atomic E-state index is 0.657. The van der Waals surface area contributed by atoms with Gasteiger partial charge in [-0.05, 0) is 29.5 Å². The van der Waals surface area contributed by atoms with Crippen LogP contribution in [-0.4, -0.2) is 16.7 Å². The van der Waals surface area contributed by atoms with Crippen LogP contribution in [0.25, 0.3) is 22.4 Å². The monoisotopic (exact) mass is 318 g/mol. The Morgan fingerprint density at radius 1 is 0.917 bits per heavy atom. The van der Waals surface area contributed by atoms with Crippen molar-refractivity contribution in [1.29, 1.82) is 0 Å². The molecule has 2 heterocycles. The molecular formula is C21H22N2O. The van der Waals surface area contributed by atoms with E-state index in [0.29, 0.717) is 6.61 Å². The molecule has 0 fully saturated rings. The van der Waals surface area contributed by atoms with Crippen LogP contribution in [0.1, 0.15) is 24.2 Å². The van der Waals surface area contributed by atoms with Crippen LogP contribution in [0.3, 0.4) is 0 Å². The second-order valence-electron chi connectivity index (χ2n) is 6.40. The Hall–Kier alpha value is -2.39. The first-order valence-electron chi connectivity index (χ1n) is 8.58. The summed E-state index contributed by atoms with van der Waals surface area (Å²) in [5, 5.41) is 0. The fourth-order valence-corrected chi connectivity index (χ4v) is 3.35. The van der Waals surface area contributed by atoms with E-state index in [0.717, 1.165) is 18.7 Å². The zero-order chi connectivity index (χ0) is 16.4. The first kappa shape index (κ1) is 15.2. The Balaban J connectivity index is 1.57. The van der Waals surface area contributed by atoms with E-state index in [2.05, 4.69) is 59.3 Å². The summed E-state index contributed by atoms with van der Waals surface area (Å²) in [6, 6.07) is 17.3. The number of benzene rings is 2. The molecule has 0 unspecified atom stereocenters. The van der Waals surface area contributed by atoms with E-state index in [1.807, 2.05) is 0 Å². The number of aryl methyl sites for hydroxylation is 2. The van der Waals surface area contributed by atoms with Crippen molar-refractivity contribution in [3.63, 3.8) is 0 Å². The van der Waals surface area contributed by atoms with Crippen molar-refractivity contribution in [3.8, 4) is 22.4 Å². The molecule has 0 aliphatic carbocycles. The average molecular weight is 318 g/mol. The Kier molecular flexibility index (Phi) is 4.18. The predicted molar refractivity (Wildman–Crippen MR) is 96.8 cm³/mol. The minimum absolute atomic E-state index is 0.657. The molecule has 0 N–H and O–H groups in total. The van der Waals surface area contributed by atoms with E-state index >= 15 is 0 Å². The van der Waals surface area contributed by atoms with Gasteiger partial charge in [0.2, 0.25) is 0 Å². The van der Waals surface area contributed by atoms with Crippen LogP contribution in [0.15, 0.2) is 54.7 Å².